The molecule has 20 heteroatoms. The molecular weight excluding hydrogens is 871 g/mol. The number of anilines is 2. The van der Waals surface area contributed by atoms with Gasteiger partial charge in [0.15, 0.2) is 5.78 Å². The Labute approximate surface area is 367 Å². The number of Topliss-reactive ketones (excluding diaryl/α,β-unsaturated/α-hetero) is 1. The molecular formula is C45H43F8N7O5. The summed E-state index contributed by atoms with van der Waals surface area (Å²) in [6.45, 7) is 1.99. The summed E-state index contributed by atoms with van der Waals surface area (Å²) in [5, 5.41) is 8.00. The second-order valence-corrected chi connectivity index (χ2v) is 15.2. The lowest BCUT2D eigenvalue weighted by molar-refractivity contribution is -0.173. The molecule has 4 aromatic carbocycles. The number of rotatable bonds is 10. The minimum Gasteiger partial charge on any atom is -0.413 e. The van der Waals surface area contributed by atoms with Gasteiger partial charge in [-0.15, -0.1) is 10.2 Å². The van der Waals surface area contributed by atoms with Crippen molar-refractivity contribution >= 4 is 35.1 Å². The van der Waals surface area contributed by atoms with E-state index in [-0.39, 0.29) is 36.6 Å². The molecule has 0 saturated carbocycles. The predicted octanol–water partition coefficient (Wildman–Crippen LogP) is 9.81. The molecule has 1 aromatic heterocycles. The van der Waals surface area contributed by atoms with Crippen LogP contribution in [0.4, 0.5) is 56.1 Å². The summed E-state index contributed by atoms with van der Waals surface area (Å²) < 4.78 is 107. The molecule has 7 rings (SSSR count). The summed E-state index contributed by atoms with van der Waals surface area (Å²) in [6.07, 6.45) is -4.05. The van der Waals surface area contributed by atoms with Crippen LogP contribution in [-0.2, 0) is 24.1 Å². The van der Waals surface area contributed by atoms with Gasteiger partial charge < -0.3 is 19.5 Å². The minimum absolute atomic E-state index is 0.109. The molecule has 2 aliphatic heterocycles. The monoisotopic (exact) mass is 913 g/mol. The van der Waals surface area contributed by atoms with E-state index in [1.165, 1.54) is 75.8 Å². The third-order valence-electron chi connectivity index (χ3n) is 10.4. The van der Waals surface area contributed by atoms with Gasteiger partial charge in [0.1, 0.15) is 11.6 Å². The van der Waals surface area contributed by atoms with Crippen LogP contribution in [0.5, 0.6) is 0 Å². The van der Waals surface area contributed by atoms with Gasteiger partial charge in [0.25, 0.3) is 0 Å². The Morgan fingerprint density at radius 3 is 1.49 bits per heavy atom. The molecule has 0 spiro atoms. The number of amides is 5. The molecule has 2 fully saturated rings. The molecule has 0 aliphatic carbocycles. The number of halogens is 8. The zero-order valence-corrected chi connectivity index (χ0v) is 34.7. The highest BCUT2D eigenvalue weighted by Crippen LogP contribution is 2.31. The number of ketones is 1. The van der Waals surface area contributed by atoms with Crippen LogP contribution in [0.3, 0.4) is 0 Å². The van der Waals surface area contributed by atoms with Gasteiger partial charge in [-0.1, -0.05) is 48.5 Å². The van der Waals surface area contributed by atoms with Gasteiger partial charge in [-0.2, -0.15) is 26.3 Å². The first-order valence-electron chi connectivity index (χ1n) is 20.6. The standard InChI is InChI=1S/C23H23F4N3O3.C22H20F4N4O2/c24-18-5-4-6-19(13-18)30(22(33)29-11-2-1-3-12-29)15-16-7-9-17(10-8-16)20(31)14-28-21(32)23(25,26)27;23-17-5-4-6-18(13-17)30(21(31)29-11-2-1-3-12-29)14-15-7-9-16(10-8-15)19-27-28-20(32-19)22(24,25)26/h4-10,13H,1-3,11-12,14-15H2,(H,28,32);4-10,13H,1-3,11-12,14H2. The van der Waals surface area contributed by atoms with E-state index < -0.39 is 48.1 Å². The van der Waals surface area contributed by atoms with Crippen LogP contribution in [0.1, 0.15) is 65.9 Å². The predicted molar refractivity (Wildman–Crippen MR) is 221 cm³/mol. The van der Waals surface area contributed by atoms with E-state index in [0.717, 1.165) is 38.5 Å². The zero-order valence-electron chi connectivity index (χ0n) is 34.7. The van der Waals surface area contributed by atoms with Crippen molar-refractivity contribution in [1.82, 2.24) is 25.3 Å². The smallest absolute Gasteiger partial charge is 0.413 e. The highest BCUT2D eigenvalue weighted by Gasteiger charge is 2.39. The van der Waals surface area contributed by atoms with E-state index in [9.17, 15) is 54.3 Å². The molecule has 0 radical (unpaired) electrons. The topological polar surface area (TPSA) is 132 Å². The Bertz CT molecular complexity index is 2420. The number of carbonyl (C=O) groups is 4. The van der Waals surface area contributed by atoms with E-state index in [1.807, 2.05) is 0 Å². The maximum Gasteiger partial charge on any atom is 0.471 e. The maximum absolute atomic E-state index is 13.8. The average molecular weight is 914 g/mol. The highest BCUT2D eigenvalue weighted by atomic mass is 19.4. The summed E-state index contributed by atoms with van der Waals surface area (Å²) in [4.78, 5) is 55.7. The van der Waals surface area contributed by atoms with Crippen molar-refractivity contribution in [2.24, 2.45) is 0 Å². The number of piperidine rings is 2. The van der Waals surface area contributed by atoms with Gasteiger partial charge in [-0.3, -0.25) is 19.4 Å². The van der Waals surface area contributed by atoms with Crippen molar-refractivity contribution in [3.8, 4) is 11.5 Å². The first-order valence-corrected chi connectivity index (χ1v) is 20.6. The number of alkyl halides is 6. The number of nitrogens with one attached hydrogen (secondary N) is 1. The first-order chi connectivity index (χ1) is 31.0. The molecule has 2 saturated heterocycles. The summed E-state index contributed by atoms with van der Waals surface area (Å²) in [5.41, 5.74) is 2.59. The van der Waals surface area contributed by atoms with E-state index in [0.29, 0.717) is 54.2 Å². The molecule has 2 aliphatic rings. The van der Waals surface area contributed by atoms with Crippen LogP contribution < -0.4 is 15.1 Å². The lowest BCUT2D eigenvalue weighted by Crippen LogP contribution is -2.45. The molecule has 0 atom stereocenters. The van der Waals surface area contributed by atoms with E-state index in [4.69, 9.17) is 4.42 Å². The van der Waals surface area contributed by atoms with Crippen LogP contribution in [0.25, 0.3) is 11.5 Å². The van der Waals surface area contributed by atoms with Crippen LogP contribution in [-0.4, -0.2) is 82.6 Å². The Balaban J connectivity index is 0.000000215. The van der Waals surface area contributed by atoms with E-state index in [2.05, 4.69) is 10.2 Å². The summed E-state index contributed by atoms with van der Waals surface area (Å²) in [5.74, 6) is -5.48. The van der Waals surface area contributed by atoms with Crippen molar-refractivity contribution in [2.75, 3.05) is 42.5 Å². The Kier molecular flexibility index (Phi) is 15.5. The van der Waals surface area contributed by atoms with Gasteiger partial charge in [0.05, 0.1) is 19.6 Å². The van der Waals surface area contributed by atoms with Crippen molar-refractivity contribution in [2.45, 2.75) is 64.0 Å². The number of carbonyl (C=O) groups excluding carboxylic acids is 4. The number of benzene rings is 4. The molecule has 65 heavy (non-hydrogen) atoms. The molecule has 0 unspecified atom stereocenters. The van der Waals surface area contributed by atoms with Crippen LogP contribution in [0.15, 0.2) is 101 Å². The number of nitrogens with zero attached hydrogens (tertiary/aromatic N) is 6. The zero-order chi connectivity index (χ0) is 46.7. The van der Waals surface area contributed by atoms with Crippen LogP contribution in [0.2, 0.25) is 0 Å². The van der Waals surface area contributed by atoms with Gasteiger partial charge in [0.2, 0.25) is 5.89 Å². The molecule has 5 amide bonds. The number of urea groups is 2. The summed E-state index contributed by atoms with van der Waals surface area (Å²) in [6, 6.07) is 23.4. The van der Waals surface area contributed by atoms with Gasteiger partial charge in [-0.05, 0) is 98.2 Å². The second kappa shape index (κ2) is 21.2. The molecule has 1 N–H and O–H groups in total. The second-order valence-electron chi connectivity index (χ2n) is 15.2. The van der Waals surface area contributed by atoms with Crippen LogP contribution >= 0.6 is 0 Å². The van der Waals surface area contributed by atoms with Crippen molar-refractivity contribution < 1.29 is 58.7 Å². The van der Waals surface area contributed by atoms with Gasteiger partial charge in [0, 0.05) is 48.7 Å². The lowest BCUT2D eigenvalue weighted by atomic mass is 10.1. The molecule has 0 bridgehead atoms. The first kappa shape index (κ1) is 47.6. The van der Waals surface area contributed by atoms with Gasteiger partial charge in [-0.25, -0.2) is 18.4 Å². The third-order valence-corrected chi connectivity index (χ3v) is 10.4. The van der Waals surface area contributed by atoms with Crippen LogP contribution in [0, 0.1) is 11.6 Å². The molecule has 12 nitrogen and oxygen atoms in total. The van der Waals surface area contributed by atoms with Crippen molar-refractivity contribution in [3.05, 3.63) is 131 Å². The number of likely N-dealkylation sites (tertiary alicyclic amines) is 2. The largest absolute Gasteiger partial charge is 0.471 e. The number of aromatic nitrogens is 2. The van der Waals surface area contributed by atoms with Gasteiger partial charge >= 0.3 is 36.2 Å². The molecule has 5 aromatic rings. The Morgan fingerprint density at radius 2 is 1.08 bits per heavy atom. The number of hydrogen-bond acceptors (Lipinski definition) is 7. The Morgan fingerprint density at radius 1 is 0.615 bits per heavy atom. The quantitative estimate of drug-likeness (QED) is 0.109. The third kappa shape index (κ3) is 13.1. The molecule has 344 valence electrons. The minimum atomic E-state index is -5.06. The maximum atomic E-state index is 13.8. The fraction of sp³-hybridized carbons (Fsp3) is 0.333. The van der Waals surface area contributed by atoms with Crippen molar-refractivity contribution in [3.63, 3.8) is 0 Å². The Hall–Kier alpha value is -6.86. The van der Waals surface area contributed by atoms with E-state index in [1.54, 1.807) is 46.2 Å². The number of hydrogen-bond donors (Lipinski definition) is 1. The highest BCUT2D eigenvalue weighted by molar-refractivity contribution is 6.00. The summed E-state index contributed by atoms with van der Waals surface area (Å²) in [7, 11) is 0. The molecule has 3 heterocycles. The lowest BCUT2D eigenvalue weighted by Gasteiger charge is -2.33. The summed E-state index contributed by atoms with van der Waals surface area (Å²) >= 11 is 0. The average Bonchev–Trinajstić information content (AvgIpc) is 3.81. The fourth-order valence-corrected chi connectivity index (χ4v) is 7.07. The SMILES string of the molecule is O=C(CNC(=O)C(F)(F)F)c1ccc(CN(C(=O)N2CCCCC2)c2cccc(F)c2)cc1.O=C(N1CCCCC1)N(Cc1ccc(-c2nnc(C(F)(F)F)o2)cc1)c1cccc(F)c1. The van der Waals surface area contributed by atoms with Crippen molar-refractivity contribution in [1.29, 1.82) is 0 Å². The van der Waals surface area contributed by atoms with E-state index >= 15 is 0 Å². The fourth-order valence-electron chi connectivity index (χ4n) is 7.07. The normalized spacial score (nSPS) is 14.2.